The summed E-state index contributed by atoms with van der Waals surface area (Å²) in [5.74, 6) is 0.389. The van der Waals surface area contributed by atoms with Crippen molar-refractivity contribution in [3.05, 3.63) is 30.1 Å². The third-order valence-corrected chi connectivity index (χ3v) is 4.37. The van der Waals surface area contributed by atoms with Gasteiger partial charge in [0.25, 0.3) is 0 Å². The summed E-state index contributed by atoms with van der Waals surface area (Å²) < 4.78 is 18.0. The molecule has 0 saturated heterocycles. The molecule has 0 aliphatic heterocycles. The van der Waals surface area contributed by atoms with Gasteiger partial charge in [0.05, 0.1) is 7.11 Å². The lowest BCUT2D eigenvalue weighted by molar-refractivity contribution is -0.148. The molecule has 0 heterocycles. The Bertz CT molecular complexity index is 456. The molecular weight excluding hydrogens is 289 g/mol. The van der Waals surface area contributed by atoms with Gasteiger partial charge in [-0.25, -0.2) is 4.39 Å². The number of carbonyl (C=O) groups excluding carboxylic acids is 1. The Morgan fingerprint density at radius 3 is 2.86 bits per heavy atom. The molecule has 1 aromatic carbocycles. The molecule has 0 saturated carbocycles. The van der Waals surface area contributed by atoms with E-state index in [0.29, 0.717) is 6.42 Å². The average Bonchev–Trinajstić information content (AvgIpc) is 2.49. The van der Waals surface area contributed by atoms with Gasteiger partial charge in [-0.1, -0.05) is 13.0 Å². The summed E-state index contributed by atoms with van der Waals surface area (Å²) in [6.07, 6.45) is 2.51. The lowest BCUT2D eigenvalue weighted by Crippen LogP contribution is -2.50. The van der Waals surface area contributed by atoms with E-state index in [2.05, 4.69) is 12.2 Å². The van der Waals surface area contributed by atoms with Crippen LogP contribution in [0.2, 0.25) is 0 Å². The molecule has 0 aliphatic carbocycles. The quantitative estimate of drug-likeness (QED) is 0.429. The fourth-order valence-corrected chi connectivity index (χ4v) is 2.96. The number of esters is 1. The van der Waals surface area contributed by atoms with Gasteiger partial charge in [0.2, 0.25) is 0 Å². The van der Waals surface area contributed by atoms with Crippen LogP contribution in [0.4, 0.5) is 4.39 Å². The first-order chi connectivity index (χ1) is 10.0. The number of ether oxygens (including phenoxy) is 1. The van der Waals surface area contributed by atoms with E-state index >= 15 is 0 Å². The minimum Gasteiger partial charge on any atom is -0.468 e. The molecule has 0 bridgehead atoms. The predicted molar refractivity (Wildman–Crippen MR) is 85.1 cm³/mol. The van der Waals surface area contributed by atoms with Crippen LogP contribution in [0.25, 0.3) is 0 Å². The Morgan fingerprint density at radius 2 is 2.24 bits per heavy atom. The van der Waals surface area contributed by atoms with Crippen molar-refractivity contribution in [2.75, 3.05) is 19.4 Å². The van der Waals surface area contributed by atoms with Crippen molar-refractivity contribution in [3.63, 3.8) is 0 Å². The van der Waals surface area contributed by atoms with Gasteiger partial charge in [-0.05, 0) is 56.7 Å². The molecule has 0 amide bonds. The molecule has 1 atom stereocenters. The van der Waals surface area contributed by atoms with Crippen LogP contribution < -0.4 is 5.32 Å². The first-order valence-electron chi connectivity index (χ1n) is 7.23. The SMILES string of the molecule is CCCNC(C)(CCCSc1cccc(F)c1)C(=O)OC. The molecule has 1 rings (SSSR count). The smallest absolute Gasteiger partial charge is 0.325 e. The molecule has 118 valence electrons. The van der Waals surface area contributed by atoms with Crippen LogP contribution >= 0.6 is 11.8 Å². The van der Waals surface area contributed by atoms with Gasteiger partial charge in [0, 0.05) is 4.90 Å². The normalized spacial score (nSPS) is 13.7. The van der Waals surface area contributed by atoms with Crippen molar-refractivity contribution in [1.29, 1.82) is 0 Å². The maximum Gasteiger partial charge on any atom is 0.325 e. The minimum atomic E-state index is -0.646. The zero-order valence-electron chi connectivity index (χ0n) is 12.9. The molecule has 1 N–H and O–H groups in total. The molecule has 0 spiro atoms. The van der Waals surface area contributed by atoms with E-state index in [-0.39, 0.29) is 11.8 Å². The Labute approximate surface area is 130 Å². The highest BCUT2D eigenvalue weighted by molar-refractivity contribution is 7.99. The fourth-order valence-electron chi connectivity index (χ4n) is 2.06. The van der Waals surface area contributed by atoms with Crippen molar-refractivity contribution < 1.29 is 13.9 Å². The third-order valence-electron chi connectivity index (χ3n) is 3.29. The van der Waals surface area contributed by atoms with Crippen LogP contribution in [-0.2, 0) is 9.53 Å². The maximum absolute atomic E-state index is 13.1. The standard InChI is InChI=1S/C16H24FNO2S/c1-4-10-18-16(2,15(19)20-3)9-6-11-21-14-8-5-7-13(17)12-14/h5,7-8,12,18H,4,6,9-11H2,1-3H3. The van der Waals surface area contributed by atoms with Crippen LogP contribution in [0.3, 0.4) is 0 Å². The van der Waals surface area contributed by atoms with E-state index in [0.717, 1.165) is 30.0 Å². The van der Waals surface area contributed by atoms with E-state index in [1.165, 1.54) is 19.2 Å². The number of methoxy groups -OCH3 is 1. The van der Waals surface area contributed by atoms with Crippen molar-refractivity contribution in [2.24, 2.45) is 0 Å². The van der Waals surface area contributed by atoms with Gasteiger partial charge < -0.3 is 10.1 Å². The summed E-state index contributed by atoms with van der Waals surface area (Å²) in [6, 6.07) is 6.56. The molecular formula is C16H24FNO2S. The van der Waals surface area contributed by atoms with Crippen molar-refractivity contribution >= 4 is 17.7 Å². The number of benzene rings is 1. The van der Waals surface area contributed by atoms with Crippen molar-refractivity contribution in [3.8, 4) is 0 Å². The molecule has 0 aromatic heterocycles. The average molecular weight is 313 g/mol. The highest BCUT2D eigenvalue weighted by atomic mass is 32.2. The van der Waals surface area contributed by atoms with Crippen LogP contribution in [0.5, 0.6) is 0 Å². The van der Waals surface area contributed by atoms with Gasteiger partial charge in [-0.2, -0.15) is 0 Å². The lowest BCUT2D eigenvalue weighted by atomic mass is 9.96. The number of hydrogen-bond acceptors (Lipinski definition) is 4. The number of carbonyl (C=O) groups is 1. The van der Waals surface area contributed by atoms with Crippen molar-refractivity contribution in [2.45, 2.75) is 43.5 Å². The number of halogens is 1. The van der Waals surface area contributed by atoms with E-state index < -0.39 is 5.54 Å². The highest BCUT2D eigenvalue weighted by Gasteiger charge is 2.32. The Balaban J connectivity index is 2.44. The van der Waals surface area contributed by atoms with Gasteiger partial charge in [0.1, 0.15) is 11.4 Å². The molecule has 21 heavy (non-hydrogen) atoms. The monoisotopic (exact) mass is 313 g/mol. The summed E-state index contributed by atoms with van der Waals surface area (Å²) in [5.41, 5.74) is -0.646. The summed E-state index contributed by atoms with van der Waals surface area (Å²) in [5, 5.41) is 3.26. The van der Waals surface area contributed by atoms with E-state index in [4.69, 9.17) is 4.74 Å². The molecule has 0 aliphatic rings. The molecule has 1 aromatic rings. The Hall–Kier alpha value is -1.07. The molecule has 3 nitrogen and oxygen atoms in total. The Kier molecular flexibility index (Phi) is 7.75. The number of nitrogens with one attached hydrogen (secondary N) is 1. The van der Waals surface area contributed by atoms with E-state index in [1.54, 1.807) is 17.8 Å². The summed E-state index contributed by atoms with van der Waals surface area (Å²) in [6.45, 7) is 4.72. The molecule has 0 radical (unpaired) electrons. The third kappa shape index (κ3) is 6.06. The number of thioether (sulfide) groups is 1. The number of hydrogen-bond donors (Lipinski definition) is 1. The fraction of sp³-hybridized carbons (Fsp3) is 0.562. The maximum atomic E-state index is 13.1. The van der Waals surface area contributed by atoms with Crippen molar-refractivity contribution in [1.82, 2.24) is 5.32 Å². The van der Waals surface area contributed by atoms with Gasteiger partial charge in [-0.3, -0.25) is 4.79 Å². The largest absolute Gasteiger partial charge is 0.468 e. The second-order valence-electron chi connectivity index (χ2n) is 5.16. The minimum absolute atomic E-state index is 0.219. The van der Waals surface area contributed by atoms with E-state index in [1.807, 2.05) is 13.0 Å². The topological polar surface area (TPSA) is 38.3 Å². The van der Waals surface area contributed by atoms with Gasteiger partial charge in [-0.15, -0.1) is 11.8 Å². The van der Waals surface area contributed by atoms with Gasteiger partial charge >= 0.3 is 5.97 Å². The second kappa shape index (κ2) is 9.05. The van der Waals surface area contributed by atoms with E-state index in [9.17, 15) is 9.18 Å². The Morgan fingerprint density at radius 1 is 1.48 bits per heavy atom. The van der Waals surface area contributed by atoms with Crippen LogP contribution in [0.1, 0.15) is 33.1 Å². The second-order valence-corrected chi connectivity index (χ2v) is 6.33. The first kappa shape index (κ1) is 18.0. The highest BCUT2D eigenvalue weighted by Crippen LogP contribution is 2.22. The molecule has 1 unspecified atom stereocenters. The van der Waals surface area contributed by atoms with Crippen LogP contribution in [0.15, 0.2) is 29.2 Å². The zero-order chi connectivity index (χ0) is 15.7. The summed E-state index contributed by atoms with van der Waals surface area (Å²) in [7, 11) is 1.41. The van der Waals surface area contributed by atoms with Crippen LogP contribution in [-0.4, -0.2) is 30.9 Å². The zero-order valence-corrected chi connectivity index (χ0v) is 13.8. The first-order valence-corrected chi connectivity index (χ1v) is 8.22. The predicted octanol–water partition coefficient (Wildman–Crippen LogP) is 3.63. The summed E-state index contributed by atoms with van der Waals surface area (Å²) in [4.78, 5) is 12.8. The molecule has 5 heteroatoms. The number of rotatable bonds is 9. The van der Waals surface area contributed by atoms with Gasteiger partial charge in [0.15, 0.2) is 0 Å². The van der Waals surface area contributed by atoms with Crippen LogP contribution in [0, 0.1) is 5.82 Å². The lowest BCUT2D eigenvalue weighted by Gasteiger charge is -2.28. The molecule has 0 fully saturated rings. The summed E-state index contributed by atoms with van der Waals surface area (Å²) >= 11 is 1.60.